The van der Waals surface area contributed by atoms with Crippen molar-refractivity contribution in [3.05, 3.63) is 49.8 Å². The molecule has 0 radical (unpaired) electrons. The summed E-state index contributed by atoms with van der Waals surface area (Å²) in [5.74, 6) is 1.51. The van der Waals surface area contributed by atoms with Crippen LogP contribution in [0.5, 0.6) is 0 Å². The molecule has 7 heteroatoms. The molecule has 6 nitrogen and oxygen atoms in total. The molecule has 1 aliphatic carbocycles. The molecule has 28 heavy (non-hydrogen) atoms. The number of H-pyrrole nitrogens is 1. The predicted molar refractivity (Wildman–Crippen MR) is 108 cm³/mol. The molecule has 0 aromatic carbocycles. The van der Waals surface area contributed by atoms with Gasteiger partial charge in [0.2, 0.25) is 5.91 Å². The molecule has 2 fully saturated rings. The van der Waals surface area contributed by atoms with Crippen LogP contribution in [0.25, 0.3) is 0 Å². The van der Waals surface area contributed by atoms with Crippen molar-refractivity contribution in [3.8, 4) is 0 Å². The quantitative estimate of drug-likeness (QED) is 0.859. The molecule has 1 amide bonds. The summed E-state index contributed by atoms with van der Waals surface area (Å²) in [5.41, 5.74) is 1.58. The lowest BCUT2D eigenvalue weighted by Crippen LogP contribution is -2.43. The molecule has 148 valence electrons. The zero-order chi connectivity index (χ0) is 19.1. The number of thiophene rings is 1. The summed E-state index contributed by atoms with van der Waals surface area (Å²) < 4.78 is 0. The number of likely N-dealkylation sites (tertiary alicyclic amines) is 1. The Kier molecular flexibility index (Phi) is 4.80. The fraction of sp³-hybridized carbons (Fsp3) is 0.571. The van der Waals surface area contributed by atoms with E-state index < -0.39 is 0 Å². The van der Waals surface area contributed by atoms with Gasteiger partial charge in [-0.2, -0.15) is 0 Å². The minimum Gasteiger partial charge on any atom is -0.336 e. The van der Waals surface area contributed by atoms with Crippen LogP contribution in [-0.4, -0.2) is 45.3 Å². The maximum atomic E-state index is 12.6. The molecule has 1 saturated heterocycles. The van der Waals surface area contributed by atoms with Gasteiger partial charge in [-0.15, -0.1) is 11.3 Å². The molecular formula is C21H26N4O2S. The lowest BCUT2D eigenvalue weighted by Gasteiger charge is -2.34. The molecule has 0 spiro atoms. The molecule has 3 aliphatic rings. The molecule has 1 unspecified atom stereocenters. The molecule has 2 aliphatic heterocycles. The van der Waals surface area contributed by atoms with E-state index in [-0.39, 0.29) is 23.3 Å². The first-order chi connectivity index (χ1) is 13.7. The standard InChI is InChI=1S/C21H26N4O2S/c26-20-17-7-9-25(21(27)14-3-1-4-14)13-18(17)22-19(23-20)15-6-8-24(11-15)12-16-5-2-10-28-16/h2,5,10,14-15H,1,3-4,6-9,11-13H2,(H,22,23,26). The fourth-order valence-corrected chi connectivity index (χ4v) is 5.32. The number of carbonyl (C=O) groups excluding carboxylic acids is 1. The minimum absolute atomic E-state index is 0.00699. The van der Waals surface area contributed by atoms with E-state index in [0.29, 0.717) is 19.5 Å². The molecule has 1 atom stereocenters. The maximum Gasteiger partial charge on any atom is 0.254 e. The SMILES string of the molecule is O=C(C1CCC1)N1CCc2c(nc(C3CCN(Cc4cccs4)C3)[nH]c2=O)C1. The molecule has 0 bridgehead atoms. The molecule has 5 rings (SSSR count). The Bertz CT molecular complexity index is 919. The van der Waals surface area contributed by atoms with E-state index >= 15 is 0 Å². The Balaban J connectivity index is 1.31. The first-order valence-electron chi connectivity index (χ1n) is 10.3. The van der Waals surface area contributed by atoms with Crippen molar-refractivity contribution in [1.82, 2.24) is 19.8 Å². The third-order valence-electron chi connectivity index (χ3n) is 6.48. The lowest BCUT2D eigenvalue weighted by molar-refractivity contribution is -0.139. The average molecular weight is 399 g/mol. The maximum absolute atomic E-state index is 12.6. The summed E-state index contributed by atoms with van der Waals surface area (Å²) in [6.45, 7) is 4.05. The molecule has 2 aromatic heterocycles. The van der Waals surface area contributed by atoms with Crippen LogP contribution in [0.2, 0.25) is 0 Å². The van der Waals surface area contributed by atoms with Crippen molar-refractivity contribution in [1.29, 1.82) is 0 Å². The van der Waals surface area contributed by atoms with Gasteiger partial charge in [-0.3, -0.25) is 14.5 Å². The number of nitrogens with zero attached hydrogens (tertiary/aromatic N) is 3. The van der Waals surface area contributed by atoms with Crippen LogP contribution in [0.15, 0.2) is 22.3 Å². The second-order valence-corrected chi connectivity index (χ2v) is 9.35. The van der Waals surface area contributed by atoms with E-state index in [1.54, 1.807) is 11.3 Å². The van der Waals surface area contributed by atoms with Crippen molar-refractivity contribution < 1.29 is 4.79 Å². The van der Waals surface area contributed by atoms with Crippen molar-refractivity contribution >= 4 is 17.2 Å². The largest absolute Gasteiger partial charge is 0.336 e. The summed E-state index contributed by atoms with van der Waals surface area (Å²) in [7, 11) is 0. The lowest BCUT2D eigenvalue weighted by atomic mass is 9.84. The number of rotatable bonds is 4. The number of aromatic nitrogens is 2. The van der Waals surface area contributed by atoms with Crippen LogP contribution in [0.3, 0.4) is 0 Å². The molecule has 1 saturated carbocycles. The van der Waals surface area contributed by atoms with E-state index in [1.807, 2.05) is 4.90 Å². The molecule has 2 aromatic rings. The van der Waals surface area contributed by atoms with Crippen LogP contribution in [0, 0.1) is 5.92 Å². The number of hydrogen-bond donors (Lipinski definition) is 1. The first kappa shape index (κ1) is 18.1. The summed E-state index contributed by atoms with van der Waals surface area (Å²) >= 11 is 1.79. The predicted octanol–water partition coefficient (Wildman–Crippen LogP) is 2.51. The monoisotopic (exact) mass is 398 g/mol. The fourth-order valence-electron chi connectivity index (χ4n) is 4.58. The van der Waals surface area contributed by atoms with Gasteiger partial charge >= 0.3 is 0 Å². The minimum atomic E-state index is -0.00699. The molecule has 4 heterocycles. The summed E-state index contributed by atoms with van der Waals surface area (Å²) in [5, 5.41) is 2.11. The molecular weight excluding hydrogens is 372 g/mol. The third-order valence-corrected chi connectivity index (χ3v) is 7.34. The Hall–Kier alpha value is -1.99. The van der Waals surface area contributed by atoms with Gasteiger partial charge in [0.05, 0.1) is 12.2 Å². The van der Waals surface area contributed by atoms with Crippen LogP contribution < -0.4 is 5.56 Å². The topological polar surface area (TPSA) is 69.3 Å². The summed E-state index contributed by atoms with van der Waals surface area (Å²) in [4.78, 5) is 38.9. The van der Waals surface area contributed by atoms with E-state index in [9.17, 15) is 9.59 Å². The highest BCUT2D eigenvalue weighted by Crippen LogP contribution is 2.31. The third kappa shape index (κ3) is 3.42. The Morgan fingerprint density at radius 2 is 2.18 bits per heavy atom. The highest BCUT2D eigenvalue weighted by atomic mass is 32.1. The summed E-state index contributed by atoms with van der Waals surface area (Å²) in [6, 6.07) is 4.26. The van der Waals surface area contributed by atoms with Gasteiger partial charge in [0.1, 0.15) is 5.82 Å². The van der Waals surface area contributed by atoms with Crippen molar-refractivity contribution in [3.63, 3.8) is 0 Å². The highest BCUT2D eigenvalue weighted by Gasteiger charge is 2.33. The van der Waals surface area contributed by atoms with Crippen LogP contribution in [0.1, 0.15) is 53.6 Å². The number of carbonyl (C=O) groups is 1. The zero-order valence-corrected chi connectivity index (χ0v) is 16.8. The Morgan fingerprint density at radius 3 is 2.93 bits per heavy atom. The van der Waals surface area contributed by atoms with Gasteiger partial charge in [0.25, 0.3) is 5.56 Å². The number of amides is 1. The normalized spacial score (nSPS) is 22.9. The van der Waals surface area contributed by atoms with E-state index in [4.69, 9.17) is 4.98 Å². The van der Waals surface area contributed by atoms with Gasteiger partial charge in [0.15, 0.2) is 0 Å². The van der Waals surface area contributed by atoms with Gasteiger partial charge in [0, 0.05) is 41.9 Å². The second-order valence-electron chi connectivity index (χ2n) is 8.31. The Labute approximate surface area is 168 Å². The highest BCUT2D eigenvalue weighted by molar-refractivity contribution is 7.09. The first-order valence-corrected chi connectivity index (χ1v) is 11.2. The van der Waals surface area contributed by atoms with Gasteiger partial charge < -0.3 is 9.88 Å². The number of nitrogens with one attached hydrogen (secondary N) is 1. The van der Waals surface area contributed by atoms with Gasteiger partial charge in [-0.05, 0) is 43.7 Å². The smallest absolute Gasteiger partial charge is 0.254 e. The van der Waals surface area contributed by atoms with Crippen LogP contribution in [0.4, 0.5) is 0 Å². The van der Waals surface area contributed by atoms with E-state index in [0.717, 1.165) is 62.4 Å². The summed E-state index contributed by atoms with van der Waals surface area (Å²) in [6.07, 6.45) is 4.81. The van der Waals surface area contributed by atoms with Crippen LogP contribution >= 0.6 is 11.3 Å². The molecule has 1 N–H and O–H groups in total. The van der Waals surface area contributed by atoms with E-state index in [2.05, 4.69) is 27.4 Å². The number of hydrogen-bond acceptors (Lipinski definition) is 5. The van der Waals surface area contributed by atoms with Crippen molar-refractivity contribution in [2.24, 2.45) is 5.92 Å². The Morgan fingerprint density at radius 1 is 1.29 bits per heavy atom. The zero-order valence-electron chi connectivity index (χ0n) is 16.0. The number of aromatic amines is 1. The average Bonchev–Trinajstić information content (AvgIpc) is 3.32. The second kappa shape index (κ2) is 7.44. The van der Waals surface area contributed by atoms with E-state index in [1.165, 1.54) is 4.88 Å². The van der Waals surface area contributed by atoms with Gasteiger partial charge in [-0.25, -0.2) is 4.98 Å². The number of fused-ring (bicyclic) bond motifs is 1. The van der Waals surface area contributed by atoms with Crippen LogP contribution in [-0.2, 0) is 24.3 Å². The van der Waals surface area contributed by atoms with Crippen molar-refractivity contribution in [2.75, 3.05) is 19.6 Å². The van der Waals surface area contributed by atoms with Gasteiger partial charge in [-0.1, -0.05) is 12.5 Å². The van der Waals surface area contributed by atoms with Crippen molar-refractivity contribution in [2.45, 2.75) is 51.1 Å².